The number of carboxylic acid groups (broad SMARTS) is 1. The van der Waals surface area contributed by atoms with Crippen LogP contribution < -0.4 is 0 Å². The second kappa shape index (κ2) is 5.05. The Morgan fingerprint density at radius 2 is 1.95 bits per heavy atom. The summed E-state index contributed by atoms with van der Waals surface area (Å²) in [5.74, 6) is -0.0852. The highest BCUT2D eigenvalue weighted by Gasteiger charge is 2.08. The van der Waals surface area contributed by atoms with Gasteiger partial charge in [0.15, 0.2) is 0 Å². The predicted octanol–water partition coefficient (Wildman–Crippen LogP) is 3.47. The lowest BCUT2D eigenvalue weighted by Crippen LogP contribution is -1.94. The first kappa shape index (κ1) is 13.4. The van der Waals surface area contributed by atoms with Gasteiger partial charge in [-0.1, -0.05) is 18.2 Å². The summed E-state index contributed by atoms with van der Waals surface area (Å²) in [5.41, 5.74) is 5.54. The summed E-state index contributed by atoms with van der Waals surface area (Å²) in [6.45, 7) is 4.18. The summed E-state index contributed by atoms with van der Waals surface area (Å²) in [7, 11) is 0. The molecule has 2 aromatic carbocycles. The van der Waals surface area contributed by atoms with Crippen molar-refractivity contribution in [2.75, 3.05) is 0 Å². The van der Waals surface area contributed by atoms with Crippen molar-refractivity contribution in [3.8, 4) is 0 Å². The predicted molar refractivity (Wildman–Crippen MR) is 81.8 cm³/mol. The van der Waals surface area contributed by atoms with Crippen LogP contribution >= 0.6 is 0 Å². The third-order valence-electron chi connectivity index (χ3n) is 3.72. The van der Waals surface area contributed by atoms with Crippen LogP contribution in [0.3, 0.4) is 0 Å². The Morgan fingerprint density at radius 3 is 2.67 bits per heavy atom. The third kappa shape index (κ3) is 2.65. The monoisotopic (exact) mass is 280 g/mol. The average molecular weight is 280 g/mol. The number of rotatable bonds is 3. The van der Waals surface area contributed by atoms with Crippen LogP contribution in [0.4, 0.5) is 0 Å². The molecule has 0 bridgehead atoms. The van der Waals surface area contributed by atoms with Crippen molar-refractivity contribution in [3.05, 3.63) is 64.5 Å². The van der Waals surface area contributed by atoms with Crippen molar-refractivity contribution >= 4 is 17.0 Å². The molecule has 0 aliphatic heterocycles. The van der Waals surface area contributed by atoms with E-state index >= 15 is 0 Å². The first-order chi connectivity index (χ1) is 10.0. The molecule has 21 heavy (non-hydrogen) atoms. The maximum atomic E-state index is 11.0. The van der Waals surface area contributed by atoms with Crippen molar-refractivity contribution in [3.63, 3.8) is 0 Å². The quantitative estimate of drug-likeness (QED) is 0.772. The molecular weight excluding hydrogens is 264 g/mol. The zero-order valence-corrected chi connectivity index (χ0v) is 12.0. The highest BCUT2D eigenvalue weighted by Crippen LogP contribution is 2.17. The Bertz CT molecular complexity index is 834. The highest BCUT2D eigenvalue weighted by atomic mass is 16.4. The smallest absolute Gasteiger partial charge is 0.335 e. The number of nitrogens with one attached hydrogen (secondary N) is 1. The molecule has 106 valence electrons. The molecule has 0 atom stereocenters. The minimum absolute atomic E-state index is 0.267. The molecule has 0 saturated heterocycles. The molecule has 0 spiro atoms. The Balaban J connectivity index is 1.93. The zero-order chi connectivity index (χ0) is 15.0. The first-order valence-electron chi connectivity index (χ1n) is 6.81. The number of aromatic nitrogens is 2. The zero-order valence-electron chi connectivity index (χ0n) is 12.0. The molecule has 0 fully saturated rings. The third-order valence-corrected chi connectivity index (χ3v) is 3.72. The second-order valence-electron chi connectivity index (χ2n) is 5.32. The molecule has 4 heteroatoms. The fraction of sp³-hybridized carbons (Fsp3) is 0.176. The van der Waals surface area contributed by atoms with E-state index in [1.165, 1.54) is 16.7 Å². The summed E-state index contributed by atoms with van der Waals surface area (Å²) in [4.78, 5) is 18.7. The van der Waals surface area contributed by atoms with E-state index < -0.39 is 5.97 Å². The van der Waals surface area contributed by atoms with E-state index in [9.17, 15) is 4.79 Å². The van der Waals surface area contributed by atoms with Gasteiger partial charge in [-0.3, -0.25) is 0 Å². The largest absolute Gasteiger partial charge is 0.478 e. The van der Waals surface area contributed by atoms with Crippen molar-refractivity contribution in [1.82, 2.24) is 9.97 Å². The molecule has 1 heterocycles. The minimum atomic E-state index is -0.929. The van der Waals surface area contributed by atoms with Crippen LogP contribution in [0, 0.1) is 13.8 Å². The lowest BCUT2D eigenvalue weighted by Gasteiger charge is -2.03. The maximum Gasteiger partial charge on any atom is 0.335 e. The van der Waals surface area contributed by atoms with Crippen LogP contribution in [0.1, 0.15) is 32.9 Å². The van der Waals surface area contributed by atoms with Crippen molar-refractivity contribution < 1.29 is 9.90 Å². The van der Waals surface area contributed by atoms with Gasteiger partial charge in [-0.2, -0.15) is 0 Å². The Hall–Kier alpha value is -2.62. The van der Waals surface area contributed by atoms with Gasteiger partial charge in [0.2, 0.25) is 0 Å². The van der Waals surface area contributed by atoms with Gasteiger partial charge in [-0.05, 0) is 48.7 Å². The van der Waals surface area contributed by atoms with Crippen molar-refractivity contribution in [2.45, 2.75) is 20.3 Å². The van der Waals surface area contributed by atoms with Crippen molar-refractivity contribution in [1.29, 1.82) is 0 Å². The van der Waals surface area contributed by atoms with E-state index in [-0.39, 0.29) is 5.56 Å². The van der Waals surface area contributed by atoms with Gasteiger partial charge in [-0.25, -0.2) is 9.78 Å². The van der Waals surface area contributed by atoms with E-state index in [1.807, 2.05) is 0 Å². The molecule has 0 radical (unpaired) electrons. The SMILES string of the molecule is Cc1ccc(Cc2nc3ccc(C(=O)O)cc3[nH]2)cc1C. The molecule has 0 saturated carbocycles. The number of fused-ring (bicyclic) bond motifs is 1. The number of benzene rings is 2. The topological polar surface area (TPSA) is 66.0 Å². The maximum absolute atomic E-state index is 11.0. The molecule has 3 rings (SSSR count). The summed E-state index contributed by atoms with van der Waals surface area (Å²) in [5, 5.41) is 9.01. The molecule has 2 N–H and O–H groups in total. The van der Waals surface area contributed by atoms with Crippen LogP contribution in [-0.2, 0) is 6.42 Å². The van der Waals surface area contributed by atoms with Gasteiger partial charge in [0.25, 0.3) is 0 Å². The Labute approximate surface area is 122 Å². The van der Waals surface area contributed by atoms with Crippen LogP contribution in [0.2, 0.25) is 0 Å². The van der Waals surface area contributed by atoms with Crippen LogP contribution in [0.5, 0.6) is 0 Å². The van der Waals surface area contributed by atoms with Gasteiger partial charge < -0.3 is 10.1 Å². The van der Waals surface area contributed by atoms with Gasteiger partial charge in [-0.15, -0.1) is 0 Å². The molecule has 4 nitrogen and oxygen atoms in total. The standard InChI is InChI=1S/C17H16N2O2/c1-10-3-4-12(7-11(10)2)8-16-18-14-6-5-13(17(20)21)9-15(14)19-16/h3-7,9H,8H2,1-2H3,(H,18,19)(H,20,21). The molecule has 3 aromatic rings. The fourth-order valence-corrected chi connectivity index (χ4v) is 2.39. The summed E-state index contributed by atoms with van der Waals surface area (Å²) in [6.07, 6.45) is 0.707. The van der Waals surface area contributed by atoms with Gasteiger partial charge in [0.05, 0.1) is 16.6 Å². The molecule has 0 aliphatic rings. The number of aryl methyl sites for hydroxylation is 2. The van der Waals surface area contributed by atoms with Gasteiger partial charge >= 0.3 is 5.97 Å². The Morgan fingerprint density at radius 1 is 1.14 bits per heavy atom. The molecule has 0 amide bonds. The lowest BCUT2D eigenvalue weighted by molar-refractivity contribution is 0.0697. The number of aromatic carboxylic acids is 1. The number of carboxylic acids is 1. The van der Waals surface area contributed by atoms with Gasteiger partial charge in [0.1, 0.15) is 5.82 Å². The normalized spacial score (nSPS) is 11.0. The fourth-order valence-electron chi connectivity index (χ4n) is 2.39. The van der Waals surface area contributed by atoms with Crippen LogP contribution in [-0.4, -0.2) is 21.0 Å². The van der Waals surface area contributed by atoms with E-state index in [0.29, 0.717) is 6.42 Å². The van der Waals surface area contributed by atoms with E-state index in [1.54, 1.807) is 18.2 Å². The minimum Gasteiger partial charge on any atom is -0.478 e. The van der Waals surface area contributed by atoms with Crippen LogP contribution in [0.15, 0.2) is 36.4 Å². The van der Waals surface area contributed by atoms with E-state index in [2.05, 4.69) is 42.0 Å². The molecular formula is C17H16N2O2. The number of hydrogen-bond acceptors (Lipinski definition) is 2. The van der Waals surface area contributed by atoms with E-state index in [0.717, 1.165) is 16.9 Å². The summed E-state index contributed by atoms with van der Waals surface area (Å²) < 4.78 is 0. The van der Waals surface area contributed by atoms with E-state index in [4.69, 9.17) is 5.11 Å². The molecule has 0 aliphatic carbocycles. The number of carbonyl (C=O) groups is 1. The lowest BCUT2D eigenvalue weighted by atomic mass is 10.0. The summed E-state index contributed by atoms with van der Waals surface area (Å²) in [6, 6.07) is 11.3. The molecule has 1 aromatic heterocycles. The van der Waals surface area contributed by atoms with Gasteiger partial charge in [0, 0.05) is 6.42 Å². The first-order valence-corrected chi connectivity index (χ1v) is 6.81. The highest BCUT2D eigenvalue weighted by molar-refractivity contribution is 5.92. The number of imidazole rings is 1. The average Bonchev–Trinajstić information content (AvgIpc) is 2.84. The molecule has 0 unspecified atom stereocenters. The summed E-state index contributed by atoms with van der Waals surface area (Å²) >= 11 is 0. The van der Waals surface area contributed by atoms with Crippen molar-refractivity contribution in [2.24, 2.45) is 0 Å². The number of H-pyrrole nitrogens is 1. The number of nitrogens with zero attached hydrogens (tertiary/aromatic N) is 1. The second-order valence-corrected chi connectivity index (χ2v) is 5.32. The van der Waals surface area contributed by atoms with Crippen LogP contribution in [0.25, 0.3) is 11.0 Å². The number of hydrogen-bond donors (Lipinski definition) is 2. The number of aromatic amines is 1. The Kier molecular flexibility index (Phi) is 3.22.